The van der Waals surface area contributed by atoms with Crippen LogP contribution in [0.25, 0.3) is 0 Å². The second-order valence-corrected chi connectivity index (χ2v) is 10.1. The lowest BCUT2D eigenvalue weighted by Gasteiger charge is -2.23. The van der Waals surface area contributed by atoms with E-state index in [0.717, 1.165) is 28.3 Å². The van der Waals surface area contributed by atoms with Gasteiger partial charge in [0.05, 0.1) is 38.8 Å². The van der Waals surface area contributed by atoms with E-state index < -0.39 is 5.25 Å². The van der Waals surface area contributed by atoms with E-state index in [4.69, 9.17) is 19.3 Å². The number of ether oxygens (including phenoxy) is 3. The van der Waals surface area contributed by atoms with Crippen molar-refractivity contribution in [3.8, 4) is 17.2 Å². The van der Waals surface area contributed by atoms with Crippen LogP contribution in [0.2, 0.25) is 0 Å². The van der Waals surface area contributed by atoms with Crippen molar-refractivity contribution in [2.75, 3.05) is 26.6 Å². The average Bonchev–Trinajstić information content (AvgIpc) is 3.57. The predicted molar refractivity (Wildman–Crippen MR) is 152 cm³/mol. The van der Waals surface area contributed by atoms with Gasteiger partial charge in [-0.05, 0) is 59.7 Å². The monoisotopic (exact) mass is 544 g/mol. The molecule has 0 spiro atoms. The number of aliphatic imine (C=N–C) groups is 1. The number of carbonyl (C=O) groups is 2. The Balaban J connectivity index is 1.35. The first kappa shape index (κ1) is 26.3. The summed E-state index contributed by atoms with van der Waals surface area (Å²) < 4.78 is 15.9. The summed E-state index contributed by atoms with van der Waals surface area (Å²) in [6.07, 6.45) is 0.593. The maximum Gasteiger partial charge on any atom is 0.262 e. The quantitative estimate of drug-likeness (QED) is 0.431. The average molecular weight is 545 g/mol. The highest BCUT2D eigenvalue weighted by Crippen LogP contribution is 2.39. The standard InChI is InChI=1S/C29H28N4O5S/c1-36-20-12-8-18(9-13-20)23-16-24(19-10-14-21(37-2)15-11-19)33(32-23)29-31-28(35)26(39-29)17-27(34)30-22-6-4-5-7-25(22)38-3/h4-15,24,26H,16-17H2,1-3H3,(H,30,34)/t24-,26-/m0/s1. The molecule has 39 heavy (non-hydrogen) atoms. The summed E-state index contributed by atoms with van der Waals surface area (Å²) >= 11 is 1.26. The Labute approximate surface area is 230 Å². The number of hydrogen-bond acceptors (Lipinski definition) is 8. The smallest absolute Gasteiger partial charge is 0.262 e. The summed E-state index contributed by atoms with van der Waals surface area (Å²) in [6, 6.07) is 22.5. The third-order valence-corrected chi connectivity index (χ3v) is 7.65. The number of hydrogen-bond donors (Lipinski definition) is 1. The molecule has 2 heterocycles. The third kappa shape index (κ3) is 5.75. The lowest BCUT2D eigenvalue weighted by atomic mass is 9.98. The lowest BCUT2D eigenvalue weighted by molar-refractivity contribution is -0.121. The highest BCUT2D eigenvalue weighted by atomic mass is 32.2. The van der Waals surface area contributed by atoms with E-state index >= 15 is 0 Å². The van der Waals surface area contributed by atoms with E-state index in [0.29, 0.717) is 23.0 Å². The molecule has 0 bridgehead atoms. The van der Waals surface area contributed by atoms with Gasteiger partial charge < -0.3 is 19.5 Å². The first-order chi connectivity index (χ1) is 19.0. The molecular weight excluding hydrogens is 516 g/mol. The second-order valence-electron chi connectivity index (χ2n) is 8.90. The van der Waals surface area contributed by atoms with E-state index in [1.54, 1.807) is 37.4 Å². The van der Waals surface area contributed by atoms with Crippen molar-refractivity contribution in [1.29, 1.82) is 0 Å². The Morgan fingerprint density at radius 1 is 0.949 bits per heavy atom. The van der Waals surface area contributed by atoms with Crippen molar-refractivity contribution < 1.29 is 23.8 Å². The summed E-state index contributed by atoms with van der Waals surface area (Å²) in [4.78, 5) is 30.0. The van der Waals surface area contributed by atoms with Gasteiger partial charge in [-0.25, -0.2) is 5.01 Å². The number of nitrogens with one attached hydrogen (secondary N) is 1. The number of para-hydroxylation sites is 2. The van der Waals surface area contributed by atoms with Crippen molar-refractivity contribution in [1.82, 2.24) is 5.01 Å². The van der Waals surface area contributed by atoms with Crippen LogP contribution in [0.15, 0.2) is 82.9 Å². The lowest BCUT2D eigenvalue weighted by Crippen LogP contribution is -2.25. The van der Waals surface area contributed by atoms with E-state index in [9.17, 15) is 9.59 Å². The van der Waals surface area contributed by atoms with Crippen molar-refractivity contribution in [2.45, 2.75) is 24.1 Å². The number of thioether (sulfide) groups is 1. The fourth-order valence-electron chi connectivity index (χ4n) is 4.45. The van der Waals surface area contributed by atoms with Gasteiger partial charge in [0.15, 0.2) is 5.17 Å². The molecule has 0 unspecified atom stereocenters. The fourth-order valence-corrected chi connectivity index (χ4v) is 5.51. The zero-order valence-electron chi connectivity index (χ0n) is 21.8. The molecule has 9 nitrogen and oxygen atoms in total. The number of carbonyl (C=O) groups excluding carboxylic acids is 2. The minimum atomic E-state index is -0.647. The molecule has 2 aliphatic rings. The van der Waals surface area contributed by atoms with Gasteiger partial charge in [-0.2, -0.15) is 10.1 Å². The first-order valence-corrected chi connectivity index (χ1v) is 13.2. The van der Waals surface area contributed by atoms with Crippen molar-refractivity contribution >= 4 is 40.1 Å². The van der Waals surface area contributed by atoms with Crippen molar-refractivity contribution in [3.05, 3.63) is 83.9 Å². The SMILES string of the molecule is COc1ccc(C2=NN(C3=NC(=O)[C@H](CC(=O)Nc4ccccc4OC)S3)[C@H](c3ccc(OC)cc3)C2)cc1. The van der Waals surface area contributed by atoms with E-state index in [1.807, 2.05) is 54.6 Å². The fraction of sp³-hybridized carbons (Fsp3) is 0.241. The molecule has 0 saturated carbocycles. The molecule has 0 radical (unpaired) electrons. The van der Waals surface area contributed by atoms with E-state index in [1.165, 1.54) is 18.9 Å². The van der Waals surface area contributed by atoms with Crippen molar-refractivity contribution in [2.24, 2.45) is 10.1 Å². The van der Waals surface area contributed by atoms with Crippen LogP contribution in [0.5, 0.6) is 17.2 Å². The molecule has 5 rings (SSSR count). The molecular formula is C29H28N4O5S. The zero-order valence-corrected chi connectivity index (χ0v) is 22.6. The molecule has 2 aliphatic heterocycles. The molecule has 3 aromatic rings. The highest BCUT2D eigenvalue weighted by molar-refractivity contribution is 8.15. The molecule has 3 aromatic carbocycles. The van der Waals surface area contributed by atoms with Crippen LogP contribution in [-0.4, -0.2) is 54.3 Å². The van der Waals surface area contributed by atoms with Gasteiger partial charge in [0.25, 0.3) is 5.91 Å². The van der Waals surface area contributed by atoms with Crippen LogP contribution in [-0.2, 0) is 9.59 Å². The number of nitrogens with zero attached hydrogens (tertiary/aromatic N) is 3. The van der Waals surface area contributed by atoms with E-state index in [-0.39, 0.29) is 24.3 Å². The van der Waals surface area contributed by atoms with Gasteiger partial charge in [0, 0.05) is 12.8 Å². The van der Waals surface area contributed by atoms with Gasteiger partial charge in [-0.3, -0.25) is 9.59 Å². The first-order valence-electron chi connectivity index (χ1n) is 12.4. The minimum Gasteiger partial charge on any atom is -0.497 e. The molecule has 200 valence electrons. The maximum atomic E-state index is 12.9. The summed E-state index contributed by atoms with van der Waals surface area (Å²) in [5.41, 5.74) is 3.39. The summed E-state index contributed by atoms with van der Waals surface area (Å²) in [5.74, 6) is 1.41. The van der Waals surface area contributed by atoms with Gasteiger partial charge in [0.2, 0.25) is 5.91 Å². The maximum absolute atomic E-state index is 12.9. The predicted octanol–water partition coefficient (Wildman–Crippen LogP) is 4.89. The van der Waals surface area contributed by atoms with Crippen LogP contribution in [0.4, 0.5) is 5.69 Å². The largest absolute Gasteiger partial charge is 0.497 e. The van der Waals surface area contributed by atoms with Crippen LogP contribution < -0.4 is 19.5 Å². The summed E-state index contributed by atoms with van der Waals surface area (Å²) in [5, 5.41) is 9.34. The molecule has 0 fully saturated rings. The highest BCUT2D eigenvalue weighted by Gasteiger charge is 2.39. The Morgan fingerprint density at radius 2 is 1.62 bits per heavy atom. The number of amidine groups is 1. The number of amides is 2. The number of methoxy groups -OCH3 is 3. The van der Waals surface area contributed by atoms with Crippen LogP contribution in [0, 0.1) is 0 Å². The van der Waals surface area contributed by atoms with Gasteiger partial charge >= 0.3 is 0 Å². The Morgan fingerprint density at radius 3 is 2.28 bits per heavy atom. The molecule has 2 amide bonds. The summed E-state index contributed by atoms with van der Waals surface area (Å²) in [7, 11) is 4.79. The molecule has 2 atom stereocenters. The zero-order chi connectivity index (χ0) is 27.4. The third-order valence-electron chi connectivity index (χ3n) is 6.51. The number of rotatable bonds is 8. The molecule has 0 aromatic heterocycles. The van der Waals surface area contributed by atoms with Crippen LogP contribution >= 0.6 is 11.8 Å². The Bertz CT molecular complexity index is 1420. The van der Waals surface area contributed by atoms with E-state index in [2.05, 4.69) is 10.3 Å². The number of hydrazone groups is 1. The normalized spacial score (nSPS) is 18.4. The number of anilines is 1. The topological polar surface area (TPSA) is 102 Å². The Hall–Kier alpha value is -4.31. The Kier molecular flexibility index (Phi) is 7.83. The number of benzene rings is 3. The molecule has 1 N–H and O–H groups in total. The molecule has 0 saturated heterocycles. The summed E-state index contributed by atoms with van der Waals surface area (Å²) in [6.45, 7) is 0. The van der Waals surface area contributed by atoms with Gasteiger partial charge in [-0.15, -0.1) is 0 Å². The minimum absolute atomic E-state index is 0.0232. The van der Waals surface area contributed by atoms with Crippen LogP contribution in [0.1, 0.15) is 30.0 Å². The second kappa shape index (κ2) is 11.6. The van der Waals surface area contributed by atoms with Gasteiger partial charge in [-0.1, -0.05) is 36.0 Å². The van der Waals surface area contributed by atoms with Crippen molar-refractivity contribution in [3.63, 3.8) is 0 Å². The van der Waals surface area contributed by atoms with Gasteiger partial charge in [0.1, 0.15) is 22.5 Å². The molecule has 10 heteroatoms. The van der Waals surface area contributed by atoms with Crippen LogP contribution in [0.3, 0.4) is 0 Å². The molecule has 0 aliphatic carbocycles.